The number of benzene rings is 1. The van der Waals surface area contributed by atoms with E-state index in [-0.39, 0.29) is 18.7 Å². The number of anilines is 1. The molecule has 0 saturated heterocycles. The number of hydrogen-bond donors (Lipinski definition) is 3. The quantitative estimate of drug-likeness (QED) is 0.770. The number of nitrogens with one attached hydrogen (secondary N) is 2. The van der Waals surface area contributed by atoms with Gasteiger partial charge in [0.2, 0.25) is 12.3 Å². The highest BCUT2D eigenvalue weighted by molar-refractivity contribution is 5.90. The van der Waals surface area contributed by atoms with Crippen LogP contribution >= 0.6 is 0 Å². The molecule has 0 spiro atoms. The fraction of sp³-hybridized carbons (Fsp3) is 0.308. The molecular weight excluding hydrogens is 260 g/mol. The van der Waals surface area contributed by atoms with Crippen LogP contribution in [0.15, 0.2) is 35.1 Å². The van der Waals surface area contributed by atoms with Crippen molar-refractivity contribution < 1.29 is 14.3 Å². The minimum absolute atomic E-state index is 0.0913. The molecule has 0 fully saturated rings. The van der Waals surface area contributed by atoms with E-state index in [4.69, 9.17) is 9.52 Å². The normalized spacial score (nSPS) is 11.9. The first-order chi connectivity index (χ1) is 9.72. The lowest BCUT2D eigenvalue weighted by Gasteiger charge is -2.14. The number of hydrogen-bond acceptors (Lipinski definition) is 5. The molecule has 0 saturated carbocycles. The van der Waals surface area contributed by atoms with Crippen molar-refractivity contribution in [2.75, 3.05) is 11.9 Å². The fourth-order valence-electron chi connectivity index (χ4n) is 1.66. The van der Waals surface area contributed by atoms with E-state index in [9.17, 15) is 4.79 Å². The summed E-state index contributed by atoms with van der Waals surface area (Å²) >= 11 is 0. The lowest BCUT2D eigenvalue weighted by molar-refractivity contribution is 0.222. The Morgan fingerprint density at radius 3 is 3.00 bits per heavy atom. The van der Waals surface area contributed by atoms with Crippen LogP contribution in [-0.4, -0.2) is 34.0 Å². The highest BCUT2D eigenvalue weighted by atomic mass is 16.4. The number of carbonyl (C=O) groups excluding carboxylic acids is 1. The molecular formula is C13H16N4O3. The van der Waals surface area contributed by atoms with E-state index >= 15 is 0 Å². The lowest BCUT2D eigenvalue weighted by atomic mass is 10.2. The standard InChI is InChI=1S/C13H16N4O3/c1-2-10(7-18)15-13(19)16-11-5-3-4-9(6-11)12-17-14-8-20-12/h3-6,8,10,18H,2,7H2,1H3,(H2,15,16,19)/t10-/m0/s1. The highest BCUT2D eigenvalue weighted by Crippen LogP contribution is 2.20. The van der Waals surface area contributed by atoms with Crippen molar-refractivity contribution in [3.8, 4) is 11.5 Å². The predicted molar refractivity (Wildman–Crippen MR) is 73.1 cm³/mol. The van der Waals surface area contributed by atoms with E-state index in [0.29, 0.717) is 18.0 Å². The van der Waals surface area contributed by atoms with Gasteiger partial charge in [0, 0.05) is 11.3 Å². The Kier molecular flexibility index (Phi) is 4.67. The molecule has 0 radical (unpaired) electrons. The minimum atomic E-state index is -0.367. The van der Waals surface area contributed by atoms with Gasteiger partial charge >= 0.3 is 6.03 Å². The van der Waals surface area contributed by atoms with Crippen molar-refractivity contribution in [2.24, 2.45) is 0 Å². The molecule has 1 aromatic heterocycles. The molecule has 0 aliphatic rings. The molecule has 2 amide bonds. The van der Waals surface area contributed by atoms with Crippen LogP contribution in [-0.2, 0) is 0 Å². The van der Waals surface area contributed by atoms with Gasteiger partial charge in [0.25, 0.3) is 0 Å². The summed E-state index contributed by atoms with van der Waals surface area (Å²) < 4.78 is 5.10. The first kappa shape index (κ1) is 14.0. The summed E-state index contributed by atoms with van der Waals surface area (Å²) in [6.07, 6.45) is 1.90. The smallest absolute Gasteiger partial charge is 0.319 e. The zero-order chi connectivity index (χ0) is 14.4. The van der Waals surface area contributed by atoms with Crippen molar-refractivity contribution in [1.82, 2.24) is 15.5 Å². The summed E-state index contributed by atoms with van der Waals surface area (Å²) in [6, 6.07) is 6.44. The fourth-order valence-corrected chi connectivity index (χ4v) is 1.66. The van der Waals surface area contributed by atoms with Crippen LogP contribution < -0.4 is 10.6 Å². The van der Waals surface area contributed by atoms with Gasteiger partial charge in [-0.2, -0.15) is 0 Å². The van der Waals surface area contributed by atoms with Gasteiger partial charge in [0.05, 0.1) is 12.6 Å². The van der Waals surface area contributed by atoms with E-state index in [1.165, 1.54) is 6.39 Å². The van der Waals surface area contributed by atoms with Crippen molar-refractivity contribution in [3.05, 3.63) is 30.7 Å². The zero-order valence-electron chi connectivity index (χ0n) is 11.0. The Balaban J connectivity index is 2.03. The summed E-state index contributed by atoms with van der Waals surface area (Å²) in [6.45, 7) is 1.79. The number of rotatable bonds is 5. The van der Waals surface area contributed by atoms with Crippen LogP contribution in [0.4, 0.5) is 10.5 Å². The third-order valence-electron chi connectivity index (χ3n) is 2.78. The number of nitrogens with zero attached hydrogens (tertiary/aromatic N) is 2. The van der Waals surface area contributed by atoms with Crippen molar-refractivity contribution in [3.63, 3.8) is 0 Å². The Labute approximate surface area is 116 Å². The van der Waals surface area contributed by atoms with Crippen LogP contribution in [0.3, 0.4) is 0 Å². The molecule has 106 valence electrons. The number of aliphatic hydroxyl groups excluding tert-OH is 1. The molecule has 20 heavy (non-hydrogen) atoms. The summed E-state index contributed by atoms with van der Waals surface area (Å²) in [5.41, 5.74) is 1.32. The van der Waals surface area contributed by atoms with Crippen LogP contribution in [0.25, 0.3) is 11.5 Å². The average molecular weight is 276 g/mol. The average Bonchev–Trinajstić information content (AvgIpc) is 2.99. The van der Waals surface area contributed by atoms with Crippen LogP contribution in [0.5, 0.6) is 0 Å². The monoisotopic (exact) mass is 276 g/mol. The third kappa shape index (κ3) is 3.55. The van der Waals surface area contributed by atoms with Gasteiger partial charge in [-0.15, -0.1) is 10.2 Å². The first-order valence-corrected chi connectivity index (χ1v) is 6.28. The van der Waals surface area contributed by atoms with Crippen LogP contribution in [0.1, 0.15) is 13.3 Å². The van der Waals surface area contributed by atoms with Gasteiger partial charge in [-0.3, -0.25) is 0 Å². The molecule has 2 rings (SSSR count). The van der Waals surface area contributed by atoms with Crippen molar-refractivity contribution >= 4 is 11.7 Å². The molecule has 7 heteroatoms. The van der Waals surface area contributed by atoms with E-state index in [1.54, 1.807) is 24.3 Å². The maximum Gasteiger partial charge on any atom is 0.319 e. The summed E-state index contributed by atoms with van der Waals surface area (Å²) in [5.74, 6) is 0.385. The van der Waals surface area contributed by atoms with Gasteiger partial charge < -0.3 is 20.2 Å². The van der Waals surface area contributed by atoms with Gasteiger partial charge in [0.15, 0.2) is 0 Å². The molecule has 0 unspecified atom stereocenters. The predicted octanol–water partition coefficient (Wildman–Crippen LogP) is 1.63. The lowest BCUT2D eigenvalue weighted by Crippen LogP contribution is -2.39. The molecule has 0 aliphatic heterocycles. The second-order valence-corrected chi connectivity index (χ2v) is 4.21. The Morgan fingerprint density at radius 1 is 1.50 bits per heavy atom. The molecule has 2 aromatic rings. The number of urea groups is 1. The maximum atomic E-state index is 11.8. The first-order valence-electron chi connectivity index (χ1n) is 6.28. The molecule has 1 heterocycles. The van der Waals surface area contributed by atoms with Crippen molar-refractivity contribution in [1.29, 1.82) is 0 Å². The van der Waals surface area contributed by atoms with E-state index in [2.05, 4.69) is 20.8 Å². The second kappa shape index (κ2) is 6.67. The molecule has 0 aliphatic carbocycles. The van der Waals surface area contributed by atoms with Crippen molar-refractivity contribution in [2.45, 2.75) is 19.4 Å². The van der Waals surface area contributed by atoms with Gasteiger partial charge in [-0.1, -0.05) is 13.0 Å². The molecule has 7 nitrogen and oxygen atoms in total. The SMILES string of the molecule is CC[C@@H](CO)NC(=O)Nc1cccc(-c2nnco2)c1. The Bertz CT molecular complexity index is 553. The number of aliphatic hydroxyl groups is 1. The van der Waals surface area contributed by atoms with Crippen LogP contribution in [0.2, 0.25) is 0 Å². The topological polar surface area (TPSA) is 100 Å². The van der Waals surface area contributed by atoms with E-state index in [1.807, 2.05) is 6.92 Å². The summed E-state index contributed by atoms with van der Waals surface area (Å²) in [7, 11) is 0. The highest BCUT2D eigenvalue weighted by Gasteiger charge is 2.10. The Morgan fingerprint density at radius 2 is 2.35 bits per heavy atom. The van der Waals surface area contributed by atoms with E-state index < -0.39 is 0 Å². The van der Waals surface area contributed by atoms with Gasteiger partial charge in [0.1, 0.15) is 0 Å². The molecule has 1 aromatic carbocycles. The molecule has 3 N–H and O–H groups in total. The second-order valence-electron chi connectivity index (χ2n) is 4.21. The van der Waals surface area contributed by atoms with Crippen LogP contribution in [0, 0.1) is 0 Å². The summed E-state index contributed by atoms with van der Waals surface area (Å²) in [4.78, 5) is 11.8. The van der Waals surface area contributed by atoms with E-state index in [0.717, 1.165) is 5.56 Å². The number of aromatic nitrogens is 2. The number of carbonyl (C=O) groups is 1. The third-order valence-corrected chi connectivity index (χ3v) is 2.78. The largest absolute Gasteiger partial charge is 0.423 e. The maximum absolute atomic E-state index is 11.8. The zero-order valence-corrected chi connectivity index (χ0v) is 11.0. The number of amides is 2. The summed E-state index contributed by atoms with van der Waals surface area (Å²) in [5, 5.41) is 21.8. The van der Waals surface area contributed by atoms with Gasteiger partial charge in [-0.05, 0) is 24.6 Å². The van der Waals surface area contributed by atoms with Gasteiger partial charge in [-0.25, -0.2) is 4.79 Å². The molecule has 0 bridgehead atoms. The Hall–Kier alpha value is -2.41. The minimum Gasteiger partial charge on any atom is -0.423 e. The molecule has 1 atom stereocenters.